The van der Waals surface area contributed by atoms with E-state index >= 15 is 0 Å². The summed E-state index contributed by atoms with van der Waals surface area (Å²) in [5.74, 6) is -0.931. The zero-order valence-corrected chi connectivity index (χ0v) is 10.6. The second-order valence-corrected chi connectivity index (χ2v) is 4.47. The fourth-order valence-corrected chi connectivity index (χ4v) is 1.89. The second kappa shape index (κ2) is 5.83. The molecule has 0 unspecified atom stereocenters. The summed E-state index contributed by atoms with van der Waals surface area (Å²) in [5, 5.41) is 38.0. The molecular weight excluding hydrogens is 293 g/mol. The Labute approximate surface area is 116 Å². The minimum Gasteiger partial charge on any atom is -0.452 e. The molecule has 8 N–H and O–H groups in total. The molecule has 1 aliphatic heterocycles. The molecule has 11 nitrogen and oxygen atoms in total. The van der Waals surface area contributed by atoms with Gasteiger partial charge in [-0.25, -0.2) is 4.79 Å². The van der Waals surface area contributed by atoms with E-state index in [0.717, 1.165) is 0 Å². The topological polar surface area (TPSA) is 191 Å². The van der Waals surface area contributed by atoms with E-state index in [0.29, 0.717) is 0 Å². The quantitative estimate of drug-likeness (QED) is 0.290. The number of anilines is 1. The van der Waals surface area contributed by atoms with Crippen LogP contribution in [0.3, 0.4) is 0 Å². The Balaban J connectivity index is 2.27. The lowest BCUT2D eigenvalue weighted by Gasteiger charge is -2.39. The zero-order valence-electron chi connectivity index (χ0n) is 10.6. The first-order valence-electron chi connectivity index (χ1n) is 5.94. The number of hydrogen-bond acceptors (Lipinski definition) is 9. The van der Waals surface area contributed by atoms with Gasteiger partial charge in [-0.1, -0.05) is 0 Å². The summed E-state index contributed by atoms with van der Waals surface area (Å²) in [6, 6.07) is 0. The molecule has 0 saturated carbocycles. The molecule has 0 aliphatic carbocycles. The second-order valence-electron chi connectivity index (χ2n) is 4.47. The minimum atomic E-state index is -1.70. The highest BCUT2D eigenvalue weighted by atomic mass is 16.7. The van der Waals surface area contributed by atoms with Gasteiger partial charge in [-0.05, 0) is 0 Å². The summed E-state index contributed by atoms with van der Waals surface area (Å²) in [4.78, 5) is 26.5. The molecule has 1 fully saturated rings. The van der Waals surface area contributed by atoms with E-state index in [1.807, 2.05) is 4.98 Å². The Kier molecular flexibility index (Phi) is 4.29. The Bertz CT molecular complexity index is 611. The van der Waals surface area contributed by atoms with Gasteiger partial charge in [0.2, 0.25) is 12.0 Å². The van der Waals surface area contributed by atoms with E-state index in [1.54, 1.807) is 0 Å². The van der Waals surface area contributed by atoms with Crippen molar-refractivity contribution < 1.29 is 29.9 Å². The van der Waals surface area contributed by atoms with E-state index in [9.17, 15) is 24.9 Å². The fraction of sp³-hybridized carbons (Fsp3) is 0.600. The molecule has 1 aromatic rings. The van der Waals surface area contributed by atoms with Crippen LogP contribution in [0.1, 0.15) is 0 Å². The van der Waals surface area contributed by atoms with Crippen molar-refractivity contribution in [2.24, 2.45) is 0 Å². The van der Waals surface area contributed by atoms with Crippen LogP contribution in [0, 0.1) is 0 Å². The normalized spacial score (nSPS) is 32.9. The maximum atomic E-state index is 11.6. The van der Waals surface area contributed by atoms with E-state index in [-0.39, 0.29) is 0 Å². The Morgan fingerprint density at radius 2 is 1.81 bits per heavy atom. The summed E-state index contributed by atoms with van der Waals surface area (Å²) in [5.41, 5.74) is 3.60. The SMILES string of the molecule is Nc1[15nH][13c](=O)[15nH]c(=O)c1O[C@@H]1O[C@H](CO)[C@@H](O)[C@H](O)[C@H]1O. The standard InChI is InChI=1S/C10H15N3O8/c11-7-6(8(18)13-10(19)12-7)21-9-5(17)4(16)3(15)2(1-14)20-9/h2-5,9,14-17H,1H2,(H4,11,12,13,18,19)/t2-,3-,4+,5-,9+/m1/s1/i10+1,12+1,13+1. The van der Waals surface area contributed by atoms with Gasteiger partial charge in [0.25, 0.3) is 5.56 Å². The molecule has 11 heteroatoms. The first kappa shape index (κ1) is 15.5. The van der Waals surface area contributed by atoms with Crippen molar-refractivity contribution in [3.8, 4) is 5.75 Å². The van der Waals surface area contributed by atoms with Gasteiger partial charge in [-0.2, -0.15) is 0 Å². The number of nitrogens with two attached hydrogens (primary N) is 1. The molecule has 0 spiro atoms. The van der Waals surface area contributed by atoms with Gasteiger partial charge in [-0.3, -0.25) is 14.8 Å². The van der Waals surface area contributed by atoms with Gasteiger partial charge in [-0.15, -0.1) is 0 Å². The van der Waals surface area contributed by atoms with E-state index in [1.165, 1.54) is 0 Å². The largest absolute Gasteiger partial charge is 0.452 e. The lowest BCUT2D eigenvalue weighted by atomic mass is 9.99. The number of aliphatic hydroxyl groups excluding tert-OH is 4. The first-order chi connectivity index (χ1) is 9.85. The molecule has 2 rings (SSSR count). The van der Waals surface area contributed by atoms with Gasteiger partial charge in [0, 0.05) is 0 Å². The Morgan fingerprint density at radius 1 is 1.14 bits per heavy atom. The number of aromatic amines is 2. The molecular formula is C10H15N3O8. The van der Waals surface area contributed by atoms with Crippen molar-refractivity contribution in [2.45, 2.75) is 30.7 Å². The lowest BCUT2D eigenvalue weighted by molar-refractivity contribution is -0.277. The molecule has 2 heterocycles. The van der Waals surface area contributed by atoms with Crippen LogP contribution in [0.4, 0.5) is 5.82 Å². The predicted octanol–water partition coefficient (Wildman–Crippen LogP) is -4.18. The Morgan fingerprint density at radius 3 is 2.38 bits per heavy atom. The van der Waals surface area contributed by atoms with Crippen LogP contribution in [0.25, 0.3) is 0 Å². The molecule has 5 atom stereocenters. The highest BCUT2D eigenvalue weighted by Gasteiger charge is 2.45. The monoisotopic (exact) mass is 308 g/mol. The third-order valence-electron chi connectivity index (χ3n) is 3.01. The van der Waals surface area contributed by atoms with Crippen LogP contribution in [0.5, 0.6) is 5.75 Å². The summed E-state index contributed by atoms with van der Waals surface area (Å²) < 4.78 is 10.1. The Hall–Kier alpha value is -1.92. The van der Waals surface area contributed by atoms with Crippen molar-refractivity contribution >= 4 is 5.82 Å². The molecule has 118 valence electrons. The van der Waals surface area contributed by atoms with Crippen molar-refractivity contribution in [2.75, 3.05) is 12.3 Å². The highest BCUT2D eigenvalue weighted by Crippen LogP contribution is 2.24. The zero-order chi connectivity index (χ0) is 15.7. The first-order valence-corrected chi connectivity index (χ1v) is 5.94. The maximum Gasteiger partial charge on any atom is 0.327 e. The number of aliphatic hydroxyl groups is 4. The maximum absolute atomic E-state index is 11.6. The summed E-state index contributed by atoms with van der Waals surface area (Å²) in [7, 11) is 0. The fourth-order valence-electron chi connectivity index (χ4n) is 1.89. The van der Waals surface area contributed by atoms with Crippen molar-refractivity contribution in [3.63, 3.8) is 0 Å². The lowest BCUT2D eigenvalue weighted by Crippen LogP contribution is -2.60. The molecule has 1 aromatic heterocycles. The number of ether oxygens (including phenoxy) is 2. The number of rotatable bonds is 3. The average Bonchev–Trinajstić information content (AvgIpc) is 2.42. The van der Waals surface area contributed by atoms with Gasteiger partial charge >= 0.3 is 5.69 Å². The molecule has 0 aromatic carbocycles. The van der Waals surface area contributed by atoms with Gasteiger partial charge in [0.05, 0.1) is 6.61 Å². The van der Waals surface area contributed by atoms with Crippen LogP contribution in [0.15, 0.2) is 9.59 Å². The smallest absolute Gasteiger partial charge is 0.327 e. The number of aromatic nitrogens is 2. The van der Waals surface area contributed by atoms with Gasteiger partial charge in [0.1, 0.15) is 24.4 Å². The van der Waals surface area contributed by atoms with Gasteiger partial charge < -0.3 is 35.6 Å². The summed E-state index contributed by atoms with van der Waals surface area (Å²) in [6.45, 7) is -0.651. The van der Waals surface area contributed by atoms with Crippen LogP contribution >= 0.6 is 0 Å². The van der Waals surface area contributed by atoms with E-state index < -0.39 is 60.1 Å². The summed E-state index contributed by atoms with van der Waals surface area (Å²) >= 11 is 0. The minimum absolute atomic E-state index is 0.402. The molecule has 1 aliphatic rings. The molecule has 0 amide bonds. The summed E-state index contributed by atoms with van der Waals surface area (Å²) in [6.07, 6.45) is -7.69. The van der Waals surface area contributed by atoms with Crippen LogP contribution in [-0.2, 0) is 4.74 Å². The van der Waals surface area contributed by atoms with Gasteiger partial charge in [0.15, 0.2) is 5.82 Å². The van der Waals surface area contributed by atoms with Crippen LogP contribution in [0.2, 0.25) is 0 Å². The number of nitrogens with one attached hydrogen (secondary N) is 2. The van der Waals surface area contributed by atoms with Crippen LogP contribution < -0.4 is 21.7 Å². The number of H-pyrrole nitrogens is 2. The average molecular weight is 308 g/mol. The van der Waals surface area contributed by atoms with Crippen molar-refractivity contribution in [1.82, 2.24) is 9.97 Å². The molecule has 0 bridgehead atoms. The molecule has 0 radical (unpaired) electrons. The highest BCUT2D eigenvalue weighted by molar-refractivity contribution is 5.42. The van der Waals surface area contributed by atoms with Crippen LogP contribution in [-0.4, -0.2) is 67.7 Å². The molecule has 21 heavy (non-hydrogen) atoms. The van der Waals surface area contributed by atoms with E-state index in [2.05, 4.69) is 4.98 Å². The third-order valence-corrected chi connectivity index (χ3v) is 3.01. The predicted molar refractivity (Wildman–Crippen MR) is 66.5 cm³/mol. The van der Waals surface area contributed by atoms with E-state index in [4.69, 9.17) is 20.3 Å². The van der Waals surface area contributed by atoms with Crippen molar-refractivity contribution in [3.05, 3.63) is 20.8 Å². The molecule has 1 saturated heterocycles. The third kappa shape index (κ3) is 2.91. The number of hydrogen-bond donors (Lipinski definition) is 7. The number of nitrogen functional groups attached to an aromatic ring is 1. The van der Waals surface area contributed by atoms with Crippen molar-refractivity contribution in [1.29, 1.82) is 0 Å².